The minimum absolute atomic E-state index is 0.134. The van der Waals surface area contributed by atoms with Crippen LogP contribution in [0.4, 0.5) is 0 Å². The number of benzene rings is 2. The normalized spacial score (nSPS) is 12.2. The van der Waals surface area contributed by atoms with Gasteiger partial charge in [0.2, 0.25) is 0 Å². The van der Waals surface area contributed by atoms with Gasteiger partial charge in [0.1, 0.15) is 5.75 Å². The Morgan fingerprint density at radius 1 is 0.944 bits per heavy atom. The molecule has 0 aliphatic heterocycles. The number of rotatable bonds is 4. The van der Waals surface area contributed by atoms with Gasteiger partial charge in [-0.1, -0.05) is 43.3 Å². The second-order valence-electron chi connectivity index (χ2n) is 4.37. The van der Waals surface area contributed by atoms with Crippen LogP contribution in [0.25, 0.3) is 11.1 Å². The van der Waals surface area contributed by atoms with Gasteiger partial charge in [0.15, 0.2) is 0 Å². The van der Waals surface area contributed by atoms with E-state index < -0.39 is 0 Å². The summed E-state index contributed by atoms with van der Waals surface area (Å²) in [5.41, 5.74) is 9.58. The molecular formula is C16H19NO. The average molecular weight is 241 g/mol. The van der Waals surface area contributed by atoms with E-state index in [9.17, 15) is 0 Å². The number of hydrogen-bond acceptors (Lipinski definition) is 2. The SMILES string of the molecule is CC[C@H](N)c1ccc(-c2ccc(OC)cc2)cc1. The van der Waals surface area contributed by atoms with Gasteiger partial charge < -0.3 is 10.5 Å². The van der Waals surface area contributed by atoms with Crippen molar-refractivity contribution < 1.29 is 4.74 Å². The lowest BCUT2D eigenvalue weighted by Gasteiger charge is -2.10. The Labute approximate surface area is 108 Å². The molecule has 0 saturated heterocycles. The van der Waals surface area contributed by atoms with Crippen LogP contribution >= 0.6 is 0 Å². The van der Waals surface area contributed by atoms with Crippen LogP contribution in [0, 0.1) is 0 Å². The smallest absolute Gasteiger partial charge is 0.118 e. The maximum Gasteiger partial charge on any atom is 0.118 e. The van der Waals surface area contributed by atoms with E-state index >= 15 is 0 Å². The standard InChI is InChI=1S/C16H19NO/c1-3-16(17)14-6-4-12(5-7-14)13-8-10-15(18-2)11-9-13/h4-11,16H,3,17H2,1-2H3/t16-/m0/s1. The highest BCUT2D eigenvalue weighted by molar-refractivity contribution is 5.64. The van der Waals surface area contributed by atoms with Crippen LogP contribution in [0.5, 0.6) is 5.75 Å². The van der Waals surface area contributed by atoms with Gasteiger partial charge in [-0.3, -0.25) is 0 Å². The van der Waals surface area contributed by atoms with Crippen LogP contribution in [0.1, 0.15) is 24.9 Å². The van der Waals surface area contributed by atoms with Gasteiger partial charge in [0.05, 0.1) is 7.11 Å². The molecule has 2 aromatic carbocycles. The molecule has 0 aliphatic rings. The topological polar surface area (TPSA) is 35.2 Å². The largest absolute Gasteiger partial charge is 0.497 e. The fourth-order valence-electron chi connectivity index (χ4n) is 1.94. The zero-order valence-electron chi connectivity index (χ0n) is 10.9. The molecule has 0 spiro atoms. The third kappa shape index (κ3) is 2.71. The Kier molecular flexibility index (Phi) is 4.00. The van der Waals surface area contributed by atoms with E-state index in [1.54, 1.807) is 7.11 Å². The fourth-order valence-corrected chi connectivity index (χ4v) is 1.94. The highest BCUT2D eigenvalue weighted by Gasteiger charge is 2.03. The summed E-state index contributed by atoms with van der Waals surface area (Å²) >= 11 is 0. The van der Waals surface area contributed by atoms with E-state index in [-0.39, 0.29) is 6.04 Å². The van der Waals surface area contributed by atoms with Gasteiger partial charge >= 0.3 is 0 Å². The summed E-state index contributed by atoms with van der Waals surface area (Å²) in [6, 6.07) is 16.7. The third-order valence-corrected chi connectivity index (χ3v) is 3.20. The molecule has 2 N–H and O–H groups in total. The summed E-state index contributed by atoms with van der Waals surface area (Å²) in [6.07, 6.45) is 0.960. The van der Waals surface area contributed by atoms with Crippen molar-refractivity contribution in [3.8, 4) is 16.9 Å². The van der Waals surface area contributed by atoms with Crippen LogP contribution in [0.15, 0.2) is 48.5 Å². The van der Waals surface area contributed by atoms with E-state index in [2.05, 4.69) is 43.3 Å². The molecule has 2 heteroatoms. The van der Waals surface area contributed by atoms with Crippen LogP contribution < -0.4 is 10.5 Å². The predicted molar refractivity (Wildman–Crippen MR) is 75.6 cm³/mol. The predicted octanol–water partition coefficient (Wildman–Crippen LogP) is 3.77. The van der Waals surface area contributed by atoms with Gasteiger partial charge in [0, 0.05) is 6.04 Å². The van der Waals surface area contributed by atoms with E-state index in [1.807, 2.05) is 12.1 Å². The highest BCUT2D eigenvalue weighted by Crippen LogP contribution is 2.24. The van der Waals surface area contributed by atoms with Gasteiger partial charge in [-0.05, 0) is 35.2 Å². The Morgan fingerprint density at radius 3 is 1.89 bits per heavy atom. The monoisotopic (exact) mass is 241 g/mol. The molecule has 18 heavy (non-hydrogen) atoms. The molecule has 0 heterocycles. The molecule has 2 nitrogen and oxygen atoms in total. The first-order valence-electron chi connectivity index (χ1n) is 6.24. The molecule has 94 valence electrons. The molecular weight excluding hydrogens is 222 g/mol. The summed E-state index contributed by atoms with van der Waals surface area (Å²) in [5, 5.41) is 0. The van der Waals surface area contributed by atoms with Crippen LogP contribution in [0.3, 0.4) is 0 Å². The molecule has 0 bridgehead atoms. The van der Waals surface area contributed by atoms with Gasteiger partial charge in [-0.25, -0.2) is 0 Å². The van der Waals surface area contributed by atoms with E-state index in [4.69, 9.17) is 10.5 Å². The van der Waals surface area contributed by atoms with Crippen LogP contribution in [-0.4, -0.2) is 7.11 Å². The summed E-state index contributed by atoms with van der Waals surface area (Å²) < 4.78 is 5.15. The number of methoxy groups -OCH3 is 1. The minimum Gasteiger partial charge on any atom is -0.497 e. The average Bonchev–Trinajstić information content (AvgIpc) is 2.47. The molecule has 0 aliphatic carbocycles. The van der Waals surface area contributed by atoms with E-state index in [0.717, 1.165) is 12.2 Å². The molecule has 0 fully saturated rings. The van der Waals surface area contributed by atoms with Gasteiger partial charge in [-0.2, -0.15) is 0 Å². The Morgan fingerprint density at radius 2 is 1.44 bits per heavy atom. The van der Waals surface area contributed by atoms with Crippen LogP contribution in [0.2, 0.25) is 0 Å². The lowest BCUT2D eigenvalue weighted by atomic mass is 10.00. The molecule has 0 saturated carbocycles. The maximum atomic E-state index is 6.00. The van der Waals surface area contributed by atoms with Crippen molar-refractivity contribution in [2.75, 3.05) is 7.11 Å². The summed E-state index contributed by atoms with van der Waals surface area (Å²) in [6.45, 7) is 2.10. The summed E-state index contributed by atoms with van der Waals surface area (Å²) in [7, 11) is 1.68. The second kappa shape index (κ2) is 5.69. The first-order chi connectivity index (χ1) is 8.74. The van der Waals surface area contributed by atoms with Crippen molar-refractivity contribution in [2.24, 2.45) is 5.73 Å². The van der Waals surface area contributed by atoms with Crippen molar-refractivity contribution in [3.63, 3.8) is 0 Å². The van der Waals surface area contributed by atoms with Crippen molar-refractivity contribution >= 4 is 0 Å². The summed E-state index contributed by atoms with van der Waals surface area (Å²) in [4.78, 5) is 0. The molecule has 2 rings (SSSR count). The molecule has 0 radical (unpaired) electrons. The van der Waals surface area contributed by atoms with Crippen molar-refractivity contribution in [1.82, 2.24) is 0 Å². The first-order valence-corrected chi connectivity index (χ1v) is 6.24. The van der Waals surface area contributed by atoms with Crippen molar-refractivity contribution in [1.29, 1.82) is 0 Å². The van der Waals surface area contributed by atoms with Gasteiger partial charge in [-0.15, -0.1) is 0 Å². The molecule has 1 atom stereocenters. The third-order valence-electron chi connectivity index (χ3n) is 3.20. The minimum atomic E-state index is 0.134. The van der Waals surface area contributed by atoms with E-state index in [0.29, 0.717) is 0 Å². The first kappa shape index (κ1) is 12.7. The van der Waals surface area contributed by atoms with Crippen molar-refractivity contribution in [2.45, 2.75) is 19.4 Å². The van der Waals surface area contributed by atoms with Crippen molar-refractivity contribution in [3.05, 3.63) is 54.1 Å². The second-order valence-corrected chi connectivity index (χ2v) is 4.37. The molecule has 0 aromatic heterocycles. The number of hydrogen-bond donors (Lipinski definition) is 1. The molecule has 0 amide bonds. The zero-order valence-corrected chi connectivity index (χ0v) is 10.9. The fraction of sp³-hybridized carbons (Fsp3) is 0.250. The Balaban J connectivity index is 2.22. The zero-order chi connectivity index (χ0) is 13.0. The molecule has 2 aromatic rings. The summed E-state index contributed by atoms with van der Waals surface area (Å²) in [5.74, 6) is 0.878. The Hall–Kier alpha value is -1.80. The highest BCUT2D eigenvalue weighted by atomic mass is 16.5. The lowest BCUT2D eigenvalue weighted by Crippen LogP contribution is -2.07. The number of ether oxygens (including phenoxy) is 1. The van der Waals surface area contributed by atoms with Crippen LogP contribution in [-0.2, 0) is 0 Å². The van der Waals surface area contributed by atoms with Gasteiger partial charge in [0.25, 0.3) is 0 Å². The lowest BCUT2D eigenvalue weighted by molar-refractivity contribution is 0.415. The maximum absolute atomic E-state index is 6.00. The quantitative estimate of drug-likeness (QED) is 0.884. The van der Waals surface area contributed by atoms with E-state index in [1.165, 1.54) is 16.7 Å². The number of nitrogens with two attached hydrogens (primary N) is 1. The molecule has 0 unspecified atom stereocenters. The Bertz CT molecular complexity index is 488.